The molecule has 23 heavy (non-hydrogen) atoms. The van der Waals surface area contributed by atoms with Crippen LogP contribution in [0.2, 0.25) is 0 Å². The van der Waals surface area contributed by atoms with E-state index in [0.29, 0.717) is 6.61 Å². The number of ether oxygens (including phenoxy) is 1. The van der Waals surface area contributed by atoms with Crippen molar-refractivity contribution < 1.29 is 9.53 Å². The molecule has 3 nitrogen and oxygen atoms in total. The Bertz CT molecular complexity index is 297. The minimum Gasteiger partial charge on any atom is -0.465 e. The molecule has 0 aromatic heterocycles. The van der Waals surface area contributed by atoms with Crippen LogP contribution in [0.3, 0.4) is 0 Å². The monoisotopic (exact) mass is 323 g/mol. The predicted molar refractivity (Wildman–Crippen MR) is 96.1 cm³/mol. The van der Waals surface area contributed by atoms with Gasteiger partial charge in [0.15, 0.2) is 0 Å². The van der Waals surface area contributed by atoms with Gasteiger partial charge in [-0.15, -0.1) is 0 Å². The number of hydrogen-bond donors (Lipinski definition) is 0. The molecule has 134 valence electrons. The van der Waals surface area contributed by atoms with Crippen LogP contribution >= 0.6 is 0 Å². The number of carbonyl (C=O) groups is 1. The Morgan fingerprint density at radius 2 is 1.13 bits per heavy atom. The molecule has 0 heterocycles. The van der Waals surface area contributed by atoms with Gasteiger partial charge < -0.3 is 4.74 Å². The standard InChI is InChI=1S/C20H37NO2/c1-2-3-4-5-6-7-8-9-10-11-12-13-14-15-16-19-23-20(22)17-18-21/h2-17,19H2,1H3. The van der Waals surface area contributed by atoms with Gasteiger partial charge in [-0.2, -0.15) is 5.26 Å². The molecule has 0 aliphatic heterocycles. The van der Waals surface area contributed by atoms with Crippen LogP contribution < -0.4 is 0 Å². The molecular formula is C20H37NO2. The molecule has 0 saturated heterocycles. The van der Waals surface area contributed by atoms with Gasteiger partial charge in [-0.25, -0.2) is 0 Å². The SMILES string of the molecule is CCCCCCCCCCCCCCCCCOC(=O)CC#N. The molecule has 0 fully saturated rings. The summed E-state index contributed by atoms with van der Waals surface area (Å²) in [4.78, 5) is 10.9. The fraction of sp³-hybridized carbons (Fsp3) is 0.900. The number of carbonyl (C=O) groups excluding carboxylic acids is 1. The highest BCUT2D eigenvalue weighted by Crippen LogP contribution is 2.13. The van der Waals surface area contributed by atoms with E-state index < -0.39 is 5.97 Å². The Hall–Kier alpha value is -1.04. The molecule has 0 rings (SSSR count). The molecule has 0 aromatic carbocycles. The van der Waals surface area contributed by atoms with Crippen LogP contribution in [-0.4, -0.2) is 12.6 Å². The van der Waals surface area contributed by atoms with E-state index in [4.69, 9.17) is 10.00 Å². The smallest absolute Gasteiger partial charge is 0.320 e. The zero-order chi connectivity index (χ0) is 17.0. The van der Waals surface area contributed by atoms with E-state index in [9.17, 15) is 4.79 Å². The van der Waals surface area contributed by atoms with Crippen LogP contribution in [0.1, 0.15) is 110 Å². The van der Waals surface area contributed by atoms with Crippen LogP contribution in [-0.2, 0) is 9.53 Å². The van der Waals surface area contributed by atoms with Crippen LogP contribution in [0.5, 0.6) is 0 Å². The van der Waals surface area contributed by atoms with Gasteiger partial charge in [0.2, 0.25) is 0 Å². The lowest BCUT2D eigenvalue weighted by Gasteiger charge is -2.04. The molecular weight excluding hydrogens is 286 g/mol. The van der Waals surface area contributed by atoms with Crippen molar-refractivity contribution in [3.63, 3.8) is 0 Å². The van der Waals surface area contributed by atoms with Crippen LogP contribution in [0.25, 0.3) is 0 Å². The number of esters is 1. The van der Waals surface area contributed by atoms with E-state index in [-0.39, 0.29) is 6.42 Å². The first-order valence-electron chi connectivity index (χ1n) is 9.83. The lowest BCUT2D eigenvalue weighted by atomic mass is 10.0. The summed E-state index contributed by atoms with van der Waals surface area (Å²) >= 11 is 0. The van der Waals surface area contributed by atoms with Gasteiger partial charge in [0.25, 0.3) is 0 Å². The minimum atomic E-state index is -0.391. The average molecular weight is 324 g/mol. The molecule has 0 aliphatic rings. The van der Waals surface area contributed by atoms with Crippen molar-refractivity contribution in [3.05, 3.63) is 0 Å². The van der Waals surface area contributed by atoms with Crippen molar-refractivity contribution in [1.82, 2.24) is 0 Å². The van der Waals surface area contributed by atoms with Gasteiger partial charge in [-0.05, 0) is 6.42 Å². The third-order valence-corrected chi connectivity index (χ3v) is 4.23. The van der Waals surface area contributed by atoms with Gasteiger partial charge in [0.05, 0.1) is 12.7 Å². The van der Waals surface area contributed by atoms with Gasteiger partial charge in [-0.1, -0.05) is 96.8 Å². The maximum atomic E-state index is 10.9. The summed E-state index contributed by atoms with van der Waals surface area (Å²) in [5, 5.41) is 8.32. The van der Waals surface area contributed by atoms with Crippen molar-refractivity contribution in [3.8, 4) is 6.07 Å². The lowest BCUT2D eigenvalue weighted by molar-refractivity contribution is -0.142. The third kappa shape index (κ3) is 18.9. The maximum absolute atomic E-state index is 10.9. The van der Waals surface area contributed by atoms with E-state index >= 15 is 0 Å². The molecule has 0 aromatic rings. The highest BCUT2D eigenvalue weighted by Gasteiger charge is 2.00. The summed E-state index contributed by atoms with van der Waals surface area (Å²) in [5.74, 6) is -0.391. The Kier molecular flexibility index (Phi) is 18.1. The summed E-state index contributed by atoms with van der Waals surface area (Å²) in [6, 6.07) is 1.80. The van der Waals surface area contributed by atoms with Gasteiger partial charge >= 0.3 is 5.97 Å². The normalized spacial score (nSPS) is 10.4. The molecule has 0 amide bonds. The largest absolute Gasteiger partial charge is 0.465 e. The summed E-state index contributed by atoms with van der Waals surface area (Å²) in [6.07, 6.45) is 19.8. The number of nitrogens with zero attached hydrogens (tertiary/aromatic N) is 1. The quantitative estimate of drug-likeness (QED) is 0.232. The van der Waals surface area contributed by atoms with Crippen molar-refractivity contribution in [1.29, 1.82) is 5.26 Å². The van der Waals surface area contributed by atoms with Crippen molar-refractivity contribution >= 4 is 5.97 Å². The number of rotatable bonds is 17. The maximum Gasteiger partial charge on any atom is 0.320 e. The first-order chi connectivity index (χ1) is 11.3. The van der Waals surface area contributed by atoms with E-state index in [1.165, 1.54) is 83.5 Å². The van der Waals surface area contributed by atoms with Crippen molar-refractivity contribution in [2.45, 2.75) is 110 Å². The van der Waals surface area contributed by atoms with Gasteiger partial charge in [-0.3, -0.25) is 4.79 Å². The fourth-order valence-corrected chi connectivity index (χ4v) is 2.77. The molecule has 0 unspecified atom stereocenters. The molecule has 0 saturated carbocycles. The van der Waals surface area contributed by atoms with E-state index in [1.807, 2.05) is 0 Å². The first kappa shape index (κ1) is 22.0. The number of nitriles is 1. The Morgan fingerprint density at radius 1 is 0.739 bits per heavy atom. The predicted octanol–water partition coefficient (Wildman–Crippen LogP) is 6.31. The fourth-order valence-electron chi connectivity index (χ4n) is 2.77. The molecule has 0 spiro atoms. The average Bonchev–Trinajstić information content (AvgIpc) is 2.54. The minimum absolute atomic E-state index is 0.126. The van der Waals surface area contributed by atoms with Crippen LogP contribution in [0, 0.1) is 11.3 Å². The first-order valence-corrected chi connectivity index (χ1v) is 9.83. The summed E-state index contributed by atoms with van der Waals surface area (Å²) in [7, 11) is 0. The Morgan fingerprint density at radius 3 is 1.52 bits per heavy atom. The third-order valence-electron chi connectivity index (χ3n) is 4.23. The Balaban J connectivity index is 3.03. The molecule has 0 aliphatic carbocycles. The van der Waals surface area contributed by atoms with E-state index in [1.54, 1.807) is 6.07 Å². The summed E-state index contributed by atoms with van der Waals surface area (Å²) < 4.78 is 4.93. The lowest BCUT2D eigenvalue weighted by Crippen LogP contribution is -2.04. The molecule has 0 bridgehead atoms. The van der Waals surface area contributed by atoms with Gasteiger partial charge in [0, 0.05) is 0 Å². The van der Waals surface area contributed by atoms with Gasteiger partial charge in [0.1, 0.15) is 6.42 Å². The second-order valence-electron chi connectivity index (χ2n) is 6.51. The zero-order valence-corrected chi connectivity index (χ0v) is 15.3. The van der Waals surface area contributed by atoms with E-state index in [2.05, 4.69) is 6.92 Å². The summed E-state index contributed by atoms with van der Waals surface area (Å²) in [6.45, 7) is 2.74. The Labute approximate surface area is 143 Å². The van der Waals surface area contributed by atoms with E-state index in [0.717, 1.165) is 12.8 Å². The number of unbranched alkanes of at least 4 members (excludes halogenated alkanes) is 14. The highest BCUT2D eigenvalue weighted by molar-refractivity contribution is 5.71. The van der Waals surface area contributed by atoms with Crippen molar-refractivity contribution in [2.24, 2.45) is 0 Å². The van der Waals surface area contributed by atoms with Crippen molar-refractivity contribution in [2.75, 3.05) is 6.61 Å². The van der Waals surface area contributed by atoms with Crippen LogP contribution in [0.4, 0.5) is 0 Å². The molecule has 3 heteroatoms. The summed E-state index contributed by atoms with van der Waals surface area (Å²) in [5.41, 5.74) is 0. The van der Waals surface area contributed by atoms with Crippen LogP contribution in [0.15, 0.2) is 0 Å². The number of hydrogen-bond acceptors (Lipinski definition) is 3. The molecule has 0 radical (unpaired) electrons. The highest BCUT2D eigenvalue weighted by atomic mass is 16.5. The topological polar surface area (TPSA) is 50.1 Å². The second kappa shape index (κ2) is 19.0. The second-order valence-corrected chi connectivity index (χ2v) is 6.51. The molecule has 0 atom stereocenters. The zero-order valence-electron chi connectivity index (χ0n) is 15.3. The molecule has 0 N–H and O–H groups in total.